The van der Waals surface area contributed by atoms with Gasteiger partial charge in [0, 0.05) is 48.4 Å². The molecule has 0 atom stereocenters. The van der Waals surface area contributed by atoms with E-state index in [2.05, 4.69) is 90.8 Å². The van der Waals surface area contributed by atoms with Gasteiger partial charge in [0.05, 0.1) is 49.6 Å². The molecule has 0 saturated carbocycles. The summed E-state index contributed by atoms with van der Waals surface area (Å²) in [6.07, 6.45) is 0.237. The third kappa shape index (κ3) is 10.9. The number of ether oxygens (including phenoxy) is 3. The number of rotatable bonds is 18. The average molecular weight is 710 g/mol. The molecule has 0 bridgehead atoms. The first kappa shape index (κ1) is 38.0. The molecule has 0 aliphatic heterocycles. The van der Waals surface area contributed by atoms with Gasteiger partial charge in [-0.1, -0.05) is 66.7 Å². The third-order valence-corrected chi connectivity index (χ3v) is 9.71. The van der Waals surface area contributed by atoms with Crippen molar-refractivity contribution < 1.29 is 19.0 Å². The van der Waals surface area contributed by atoms with Crippen LogP contribution in [-0.4, -0.2) is 62.2 Å². The van der Waals surface area contributed by atoms with Crippen LogP contribution >= 0.6 is 11.3 Å². The van der Waals surface area contributed by atoms with Crippen molar-refractivity contribution in [1.29, 1.82) is 0 Å². The monoisotopic (exact) mass is 709 g/mol. The first-order chi connectivity index (χ1) is 24.6. The number of nitrogens with zero attached hydrogens (tertiary/aromatic N) is 2. The standard InChI is InChI=1S/C42H51N3O5S/c1-6-44(7-2)35-19-17-34(18-20-35)38-28-37-41(51-38)36(33-11-9-8-10-12-33)27-39(46)45(37)30-32-15-13-31(14-16-32)29-43-22-24-49-26-25-48-23-21-40(47)50-42(3,4)5/h8-20,27-28,43H,6-7,21-26,29-30H2,1-5H3. The summed E-state index contributed by atoms with van der Waals surface area (Å²) in [6.45, 7) is 15.5. The van der Waals surface area contributed by atoms with Gasteiger partial charge in [-0.25, -0.2) is 0 Å². The van der Waals surface area contributed by atoms with Crippen LogP contribution in [0.1, 0.15) is 52.2 Å². The van der Waals surface area contributed by atoms with Crippen LogP contribution in [0.3, 0.4) is 0 Å². The van der Waals surface area contributed by atoms with Gasteiger partial charge in [-0.15, -0.1) is 11.3 Å². The lowest BCUT2D eigenvalue weighted by molar-refractivity contribution is -0.156. The number of thiophene rings is 1. The maximum atomic E-state index is 13.7. The van der Waals surface area contributed by atoms with E-state index in [4.69, 9.17) is 14.2 Å². The van der Waals surface area contributed by atoms with Crippen LogP contribution in [0.4, 0.5) is 5.69 Å². The van der Waals surface area contributed by atoms with E-state index in [1.807, 2.05) is 43.5 Å². The maximum Gasteiger partial charge on any atom is 0.308 e. The van der Waals surface area contributed by atoms with Crippen molar-refractivity contribution in [1.82, 2.24) is 9.88 Å². The Morgan fingerprint density at radius 2 is 1.47 bits per heavy atom. The zero-order valence-electron chi connectivity index (χ0n) is 30.6. The van der Waals surface area contributed by atoms with Crippen molar-refractivity contribution in [3.05, 3.63) is 112 Å². The second kappa shape index (κ2) is 18.3. The van der Waals surface area contributed by atoms with Crippen LogP contribution in [0.25, 0.3) is 31.8 Å². The van der Waals surface area contributed by atoms with Crippen LogP contribution in [0.2, 0.25) is 0 Å². The van der Waals surface area contributed by atoms with Gasteiger partial charge in [0.15, 0.2) is 0 Å². The number of aromatic nitrogens is 1. The Morgan fingerprint density at radius 3 is 2.14 bits per heavy atom. The molecule has 0 unspecified atom stereocenters. The lowest BCUT2D eigenvalue weighted by atomic mass is 10.1. The van der Waals surface area contributed by atoms with Crippen molar-refractivity contribution in [3.63, 3.8) is 0 Å². The minimum Gasteiger partial charge on any atom is -0.460 e. The van der Waals surface area contributed by atoms with Crippen LogP contribution < -0.4 is 15.8 Å². The van der Waals surface area contributed by atoms with E-state index >= 15 is 0 Å². The van der Waals surface area contributed by atoms with Crippen molar-refractivity contribution in [2.75, 3.05) is 51.0 Å². The molecule has 2 aromatic heterocycles. The van der Waals surface area contributed by atoms with Crippen molar-refractivity contribution >= 4 is 33.2 Å². The Labute approximate surface area is 306 Å². The molecule has 5 rings (SSSR count). The second-order valence-electron chi connectivity index (χ2n) is 13.4. The molecule has 0 spiro atoms. The van der Waals surface area contributed by atoms with Gasteiger partial charge in [-0.05, 0) is 75.1 Å². The van der Waals surface area contributed by atoms with Crippen molar-refractivity contribution in [3.8, 4) is 21.6 Å². The molecule has 1 N–H and O–H groups in total. The molecule has 3 aromatic carbocycles. The molecule has 8 nitrogen and oxygen atoms in total. The minimum absolute atomic E-state index is 0.0123. The first-order valence-corrected chi connectivity index (χ1v) is 18.7. The predicted molar refractivity (Wildman–Crippen MR) is 210 cm³/mol. The number of esters is 1. The molecular weight excluding hydrogens is 659 g/mol. The van der Waals surface area contributed by atoms with E-state index in [-0.39, 0.29) is 17.9 Å². The lowest BCUT2D eigenvalue weighted by Gasteiger charge is -2.21. The number of hydrogen-bond acceptors (Lipinski definition) is 8. The largest absolute Gasteiger partial charge is 0.460 e. The Bertz CT molecular complexity index is 1890. The fourth-order valence-corrected chi connectivity index (χ4v) is 7.12. The molecule has 51 heavy (non-hydrogen) atoms. The highest BCUT2D eigenvalue weighted by Gasteiger charge is 2.17. The number of fused-ring (bicyclic) bond motifs is 1. The van der Waals surface area contributed by atoms with Gasteiger partial charge in [-0.2, -0.15) is 0 Å². The zero-order valence-corrected chi connectivity index (χ0v) is 31.4. The van der Waals surface area contributed by atoms with E-state index in [0.717, 1.165) is 56.0 Å². The van der Waals surface area contributed by atoms with Crippen LogP contribution in [0.5, 0.6) is 0 Å². The summed E-state index contributed by atoms with van der Waals surface area (Å²) < 4.78 is 19.4. The van der Waals surface area contributed by atoms with E-state index in [1.54, 1.807) is 17.4 Å². The fraction of sp³-hybridized carbons (Fsp3) is 0.381. The van der Waals surface area contributed by atoms with Crippen LogP contribution in [-0.2, 0) is 32.1 Å². The van der Waals surface area contributed by atoms with E-state index in [9.17, 15) is 9.59 Å². The molecule has 0 amide bonds. The second-order valence-corrected chi connectivity index (χ2v) is 14.5. The SMILES string of the molecule is CCN(CC)c1ccc(-c2cc3c(s2)c(-c2ccccc2)cc(=O)n3Cc2ccc(CNCCOCCOCCC(=O)OC(C)(C)C)cc2)cc1. The van der Waals surface area contributed by atoms with Gasteiger partial charge >= 0.3 is 5.97 Å². The van der Waals surface area contributed by atoms with Crippen molar-refractivity contribution in [2.45, 2.75) is 59.7 Å². The minimum atomic E-state index is -0.478. The van der Waals surface area contributed by atoms with E-state index in [0.29, 0.717) is 46.1 Å². The van der Waals surface area contributed by atoms with Crippen LogP contribution in [0, 0.1) is 0 Å². The topological polar surface area (TPSA) is 82.0 Å². The predicted octanol–water partition coefficient (Wildman–Crippen LogP) is 8.15. The van der Waals surface area contributed by atoms with E-state index < -0.39 is 5.60 Å². The molecule has 0 saturated heterocycles. The van der Waals surface area contributed by atoms with Crippen molar-refractivity contribution in [2.24, 2.45) is 0 Å². The molecule has 2 heterocycles. The van der Waals surface area contributed by atoms with Gasteiger partial charge in [0.1, 0.15) is 5.60 Å². The Kier molecular flexibility index (Phi) is 13.6. The smallest absolute Gasteiger partial charge is 0.308 e. The van der Waals surface area contributed by atoms with E-state index in [1.165, 1.54) is 5.69 Å². The quantitative estimate of drug-likeness (QED) is 0.0727. The third-order valence-electron chi connectivity index (χ3n) is 8.51. The summed E-state index contributed by atoms with van der Waals surface area (Å²) in [4.78, 5) is 28.9. The number of pyridine rings is 1. The first-order valence-electron chi connectivity index (χ1n) is 17.9. The summed E-state index contributed by atoms with van der Waals surface area (Å²) in [5.41, 5.74) is 7.07. The highest BCUT2D eigenvalue weighted by molar-refractivity contribution is 7.22. The molecule has 0 fully saturated rings. The molecular formula is C42H51N3O5S. The molecule has 0 aliphatic rings. The number of carbonyl (C=O) groups excluding carboxylic acids is 1. The van der Waals surface area contributed by atoms with Gasteiger partial charge in [0.25, 0.3) is 5.56 Å². The molecule has 9 heteroatoms. The number of hydrogen-bond donors (Lipinski definition) is 1. The molecule has 0 radical (unpaired) electrons. The van der Waals surface area contributed by atoms with Gasteiger partial charge in [-0.3, -0.25) is 9.59 Å². The lowest BCUT2D eigenvalue weighted by Crippen LogP contribution is -2.24. The highest BCUT2D eigenvalue weighted by Crippen LogP contribution is 2.39. The number of nitrogens with one attached hydrogen (secondary N) is 1. The normalized spacial score (nSPS) is 11.6. The van der Waals surface area contributed by atoms with Gasteiger partial charge < -0.3 is 29.0 Å². The number of benzene rings is 3. The summed E-state index contributed by atoms with van der Waals surface area (Å²) in [5.74, 6) is -0.256. The summed E-state index contributed by atoms with van der Waals surface area (Å²) >= 11 is 1.74. The molecule has 0 aliphatic carbocycles. The Morgan fingerprint density at radius 1 is 0.804 bits per heavy atom. The number of anilines is 1. The Balaban J connectivity index is 1.18. The van der Waals surface area contributed by atoms with Gasteiger partial charge in [0.2, 0.25) is 0 Å². The zero-order chi connectivity index (χ0) is 36.2. The average Bonchev–Trinajstić information content (AvgIpc) is 3.57. The highest BCUT2D eigenvalue weighted by atomic mass is 32.1. The maximum absolute atomic E-state index is 13.7. The molecule has 270 valence electrons. The Hall–Kier alpha value is -4.28. The van der Waals surface area contributed by atoms with Crippen LogP contribution in [0.15, 0.2) is 95.8 Å². The summed E-state index contributed by atoms with van der Waals surface area (Å²) in [6, 6.07) is 31.3. The summed E-state index contributed by atoms with van der Waals surface area (Å²) in [5, 5.41) is 3.42. The number of carbonyl (C=O) groups is 1. The fourth-order valence-electron chi connectivity index (χ4n) is 5.92. The molecule has 5 aromatic rings. The summed E-state index contributed by atoms with van der Waals surface area (Å²) in [7, 11) is 0.